The molecule has 108 valence electrons. The van der Waals surface area contributed by atoms with Crippen molar-refractivity contribution in [2.75, 3.05) is 6.54 Å². The second-order valence-electron chi connectivity index (χ2n) is 5.74. The van der Waals surface area contributed by atoms with Crippen LogP contribution in [0.3, 0.4) is 0 Å². The van der Waals surface area contributed by atoms with Crippen LogP contribution in [0.15, 0.2) is 6.20 Å². The number of ketones is 1. The molecule has 0 radical (unpaired) electrons. The third-order valence-electron chi connectivity index (χ3n) is 4.51. The average Bonchev–Trinajstić information content (AvgIpc) is 3.01. The summed E-state index contributed by atoms with van der Waals surface area (Å²) >= 11 is 0. The molecule has 3 rings (SSSR count). The average molecular weight is 276 g/mol. The van der Waals surface area contributed by atoms with E-state index in [0.717, 1.165) is 45.1 Å². The number of nitrogens with one attached hydrogen (secondary N) is 1. The van der Waals surface area contributed by atoms with Crippen molar-refractivity contribution < 1.29 is 9.59 Å². The van der Waals surface area contributed by atoms with Crippen molar-refractivity contribution in [2.45, 2.75) is 51.0 Å². The number of carbonyl (C=O) groups is 2. The number of hydrogen-bond donors (Lipinski definition) is 1. The molecule has 0 bridgehead atoms. The van der Waals surface area contributed by atoms with Crippen LogP contribution in [0, 0.1) is 5.92 Å². The molecule has 20 heavy (non-hydrogen) atoms. The van der Waals surface area contributed by atoms with Crippen molar-refractivity contribution >= 4 is 11.7 Å². The van der Waals surface area contributed by atoms with E-state index in [9.17, 15) is 9.59 Å². The minimum Gasteiger partial charge on any atom is -0.333 e. The normalized spacial score (nSPS) is 27.6. The van der Waals surface area contributed by atoms with Crippen LogP contribution < -0.4 is 0 Å². The molecule has 2 fully saturated rings. The first kappa shape index (κ1) is 13.3. The number of aromatic amines is 1. The molecule has 2 aliphatic rings. The fourth-order valence-electron chi connectivity index (χ4n) is 3.50. The molecule has 0 spiro atoms. The van der Waals surface area contributed by atoms with E-state index in [1.54, 1.807) is 0 Å². The van der Waals surface area contributed by atoms with Gasteiger partial charge in [-0.25, -0.2) is 0 Å². The molecule has 6 heteroatoms. The Hall–Kier alpha value is -1.72. The number of aromatic nitrogens is 3. The number of rotatable bonds is 2. The lowest BCUT2D eigenvalue weighted by atomic mass is 9.79. The molecule has 1 aromatic heterocycles. The maximum Gasteiger partial charge on any atom is 0.276 e. The Morgan fingerprint density at radius 3 is 2.85 bits per heavy atom. The Morgan fingerprint density at radius 2 is 2.10 bits per heavy atom. The Kier molecular flexibility index (Phi) is 3.80. The van der Waals surface area contributed by atoms with Crippen LogP contribution in [0.1, 0.15) is 55.4 Å². The van der Waals surface area contributed by atoms with Crippen LogP contribution in [0.25, 0.3) is 0 Å². The zero-order valence-corrected chi connectivity index (χ0v) is 11.5. The van der Waals surface area contributed by atoms with Gasteiger partial charge in [0, 0.05) is 24.9 Å². The van der Waals surface area contributed by atoms with Gasteiger partial charge in [0.25, 0.3) is 5.91 Å². The molecular formula is C14H20N4O2. The number of likely N-dealkylation sites (tertiary alicyclic amines) is 1. The number of hydrogen-bond acceptors (Lipinski definition) is 4. The maximum absolute atomic E-state index is 12.5. The summed E-state index contributed by atoms with van der Waals surface area (Å²) < 4.78 is 0. The highest BCUT2D eigenvalue weighted by molar-refractivity contribution is 5.93. The third-order valence-corrected chi connectivity index (χ3v) is 4.51. The Morgan fingerprint density at radius 1 is 1.25 bits per heavy atom. The van der Waals surface area contributed by atoms with Crippen LogP contribution in [0.2, 0.25) is 0 Å². The lowest BCUT2D eigenvalue weighted by Crippen LogP contribution is -2.50. The van der Waals surface area contributed by atoms with Crippen LogP contribution in [0.4, 0.5) is 0 Å². The molecule has 6 nitrogen and oxygen atoms in total. The molecule has 1 aliphatic carbocycles. The minimum atomic E-state index is -0.0955. The van der Waals surface area contributed by atoms with Crippen LogP contribution >= 0.6 is 0 Å². The Bertz CT molecular complexity index is 485. The van der Waals surface area contributed by atoms with Crippen molar-refractivity contribution in [3.05, 3.63) is 11.9 Å². The first-order chi connectivity index (χ1) is 9.77. The van der Waals surface area contributed by atoms with Gasteiger partial charge in [-0.15, -0.1) is 0 Å². The summed E-state index contributed by atoms with van der Waals surface area (Å²) in [4.78, 5) is 26.5. The van der Waals surface area contributed by atoms with Gasteiger partial charge < -0.3 is 4.90 Å². The Labute approximate surface area is 117 Å². The largest absolute Gasteiger partial charge is 0.333 e. The van der Waals surface area contributed by atoms with Gasteiger partial charge in [0.1, 0.15) is 5.78 Å². The second kappa shape index (κ2) is 5.73. The smallest absolute Gasteiger partial charge is 0.276 e. The fourth-order valence-corrected chi connectivity index (χ4v) is 3.50. The summed E-state index contributed by atoms with van der Waals surface area (Å²) in [6.07, 6.45) is 8.17. The van der Waals surface area contributed by atoms with Gasteiger partial charge in [0.15, 0.2) is 5.69 Å². The van der Waals surface area contributed by atoms with Gasteiger partial charge in [0.2, 0.25) is 0 Å². The van der Waals surface area contributed by atoms with E-state index in [1.807, 2.05) is 4.90 Å². The summed E-state index contributed by atoms with van der Waals surface area (Å²) in [5.74, 6) is 0.267. The van der Waals surface area contributed by atoms with E-state index in [4.69, 9.17) is 0 Å². The highest BCUT2D eigenvalue weighted by atomic mass is 16.2. The number of piperidine rings is 1. The van der Waals surface area contributed by atoms with Gasteiger partial charge >= 0.3 is 0 Å². The van der Waals surface area contributed by atoms with Crippen molar-refractivity contribution in [1.29, 1.82) is 0 Å². The van der Waals surface area contributed by atoms with Crippen LogP contribution in [0.5, 0.6) is 0 Å². The summed E-state index contributed by atoms with van der Waals surface area (Å²) in [5.41, 5.74) is 0.347. The van der Waals surface area contributed by atoms with E-state index in [2.05, 4.69) is 15.4 Å². The number of nitrogens with zero attached hydrogens (tertiary/aromatic N) is 3. The van der Waals surface area contributed by atoms with Gasteiger partial charge in [-0.2, -0.15) is 15.4 Å². The number of H-pyrrole nitrogens is 1. The van der Waals surface area contributed by atoms with E-state index in [0.29, 0.717) is 17.9 Å². The lowest BCUT2D eigenvalue weighted by Gasteiger charge is -2.40. The van der Waals surface area contributed by atoms with Crippen LogP contribution in [-0.2, 0) is 4.79 Å². The second-order valence-corrected chi connectivity index (χ2v) is 5.74. The molecular weight excluding hydrogens is 256 g/mol. The van der Waals surface area contributed by atoms with Crippen LogP contribution in [-0.4, -0.2) is 44.6 Å². The summed E-state index contributed by atoms with van der Waals surface area (Å²) in [6, 6.07) is 0.0562. The SMILES string of the molecule is O=C1CCCCC1C1CCCCN1C(=O)c1cn[nH]n1. The molecule has 1 aliphatic heterocycles. The maximum atomic E-state index is 12.5. The number of Topliss-reactive ketones (excluding diaryl/α,β-unsaturated/α-hetero) is 1. The van der Waals surface area contributed by atoms with E-state index in [-0.39, 0.29) is 17.9 Å². The molecule has 2 unspecified atom stereocenters. The number of carbonyl (C=O) groups excluding carboxylic acids is 2. The summed E-state index contributed by atoms with van der Waals surface area (Å²) in [6.45, 7) is 0.722. The monoisotopic (exact) mass is 276 g/mol. The molecule has 1 saturated heterocycles. The molecule has 2 atom stereocenters. The summed E-state index contributed by atoms with van der Waals surface area (Å²) in [7, 11) is 0. The van der Waals surface area contributed by atoms with E-state index in [1.165, 1.54) is 6.20 Å². The molecule has 2 heterocycles. The highest BCUT2D eigenvalue weighted by Gasteiger charge is 2.38. The highest BCUT2D eigenvalue weighted by Crippen LogP contribution is 2.32. The minimum absolute atomic E-state index is 0.0277. The lowest BCUT2D eigenvalue weighted by molar-refractivity contribution is -0.127. The van der Waals surface area contributed by atoms with Crippen molar-refractivity contribution in [2.24, 2.45) is 5.92 Å². The first-order valence-electron chi connectivity index (χ1n) is 7.47. The zero-order chi connectivity index (χ0) is 13.9. The predicted molar refractivity (Wildman–Crippen MR) is 72.0 cm³/mol. The van der Waals surface area contributed by atoms with Gasteiger partial charge in [-0.05, 0) is 32.1 Å². The zero-order valence-electron chi connectivity index (χ0n) is 11.5. The molecule has 0 aromatic carbocycles. The van der Waals surface area contributed by atoms with Crippen molar-refractivity contribution in [3.8, 4) is 0 Å². The standard InChI is InChI=1S/C14H20N4O2/c19-13-7-2-1-5-10(13)12-6-3-4-8-18(12)14(20)11-9-15-17-16-11/h9-10,12H,1-8H2,(H,15,16,17). The van der Waals surface area contributed by atoms with Crippen molar-refractivity contribution in [1.82, 2.24) is 20.3 Å². The fraction of sp³-hybridized carbons (Fsp3) is 0.714. The first-order valence-corrected chi connectivity index (χ1v) is 7.47. The van der Waals surface area contributed by atoms with Gasteiger partial charge in [-0.3, -0.25) is 9.59 Å². The molecule has 1 amide bonds. The van der Waals surface area contributed by atoms with Gasteiger partial charge in [-0.1, -0.05) is 6.42 Å². The predicted octanol–water partition coefficient (Wildman–Crippen LogP) is 1.56. The topological polar surface area (TPSA) is 79.0 Å². The Balaban J connectivity index is 1.80. The van der Waals surface area contributed by atoms with E-state index >= 15 is 0 Å². The third kappa shape index (κ3) is 2.46. The molecule has 1 aromatic rings. The quantitative estimate of drug-likeness (QED) is 0.889. The molecule has 1 N–H and O–H groups in total. The molecule has 1 saturated carbocycles. The van der Waals surface area contributed by atoms with E-state index < -0.39 is 0 Å². The summed E-state index contributed by atoms with van der Waals surface area (Å²) in [5, 5.41) is 10.1. The van der Waals surface area contributed by atoms with Gasteiger partial charge in [0.05, 0.1) is 6.20 Å². The number of amides is 1. The van der Waals surface area contributed by atoms with Crippen molar-refractivity contribution in [3.63, 3.8) is 0 Å².